The normalized spacial score (nSPS) is 26.4. The van der Waals surface area contributed by atoms with Crippen LogP contribution in [0.4, 0.5) is 0 Å². The van der Waals surface area contributed by atoms with Crippen LogP contribution in [-0.4, -0.2) is 193 Å². The van der Waals surface area contributed by atoms with Gasteiger partial charge in [0.1, 0.15) is 73.2 Å². The lowest BCUT2D eigenvalue weighted by atomic mass is 9.96. The van der Waals surface area contributed by atoms with Gasteiger partial charge in [0.05, 0.1) is 38.6 Å². The zero-order chi connectivity index (χ0) is 74.6. The fourth-order valence-electron chi connectivity index (χ4n) is 13.8. The van der Waals surface area contributed by atoms with Gasteiger partial charge in [-0.05, 0) is 70.6 Å². The molecule has 0 saturated carbocycles. The molecule has 0 bridgehead atoms. The molecule has 0 spiro atoms. The molecule has 0 aliphatic carbocycles. The van der Waals surface area contributed by atoms with E-state index >= 15 is 0 Å². The maximum absolute atomic E-state index is 13.5. The minimum absolute atomic E-state index is 0.230. The third-order valence-electron chi connectivity index (χ3n) is 20.5. The molecule has 600 valence electrons. The lowest BCUT2D eigenvalue weighted by molar-refractivity contribution is -0.379. The van der Waals surface area contributed by atoms with Gasteiger partial charge in [0, 0.05) is 6.42 Å². The topological polar surface area (TPSA) is 307 Å². The van der Waals surface area contributed by atoms with Crippen molar-refractivity contribution in [3.8, 4) is 0 Å². The molecule has 17 unspecified atom stereocenters. The Morgan fingerprint density at radius 1 is 0.359 bits per heavy atom. The number of aliphatic hydroxyl groups excluding tert-OH is 11. The molecule has 0 radical (unpaired) electrons. The average Bonchev–Trinajstić information content (AvgIpc) is 0.781. The summed E-state index contributed by atoms with van der Waals surface area (Å²) in [5.74, 6) is -0.286. The summed E-state index contributed by atoms with van der Waals surface area (Å²) in [4.78, 5) is 13.5. The highest BCUT2D eigenvalue weighted by Gasteiger charge is 2.54. The molecule has 19 nitrogen and oxygen atoms in total. The first kappa shape index (κ1) is 94.4. The molecule has 0 aromatic carbocycles. The zero-order valence-electron chi connectivity index (χ0n) is 64.3. The fourth-order valence-corrected chi connectivity index (χ4v) is 13.8. The highest BCUT2D eigenvalue weighted by Crippen LogP contribution is 2.33. The van der Waals surface area contributed by atoms with Crippen LogP contribution in [0.25, 0.3) is 0 Å². The highest BCUT2D eigenvalue weighted by molar-refractivity contribution is 5.76. The molecule has 19 heteroatoms. The van der Waals surface area contributed by atoms with E-state index in [1.54, 1.807) is 6.08 Å². The van der Waals surface area contributed by atoms with E-state index in [0.717, 1.165) is 77.0 Å². The molecule has 3 heterocycles. The molecule has 0 aromatic heterocycles. The summed E-state index contributed by atoms with van der Waals surface area (Å²) in [6, 6.07) is -0.997. The molecular formula is C84H151NO18. The minimum Gasteiger partial charge on any atom is -0.394 e. The van der Waals surface area contributed by atoms with Gasteiger partial charge in [0.15, 0.2) is 18.9 Å². The quantitative estimate of drug-likeness (QED) is 0.0199. The average molecular weight is 1460 g/mol. The van der Waals surface area contributed by atoms with Gasteiger partial charge in [-0.2, -0.15) is 0 Å². The molecule has 3 fully saturated rings. The second-order valence-electron chi connectivity index (χ2n) is 29.6. The van der Waals surface area contributed by atoms with Gasteiger partial charge in [-0.1, -0.05) is 318 Å². The zero-order valence-corrected chi connectivity index (χ0v) is 64.3. The van der Waals surface area contributed by atoms with Crippen LogP contribution < -0.4 is 5.32 Å². The smallest absolute Gasteiger partial charge is 0.220 e. The van der Waals surface area contributed by atoms with Gasteiger partial charge in [-0.15, -0.1) is 0 Å². The number of carbonyl (C=O) groups is 1. The molecule has 1 amide bonds. The predicted molar refractivity (Wildman–Crippen MR) is 411 cm³/mol. The monoisotopic (exact) mass is 1460 g/mol. The van der Waals surface area contributed by atoms with Crippen LogP contribution in [0, 0.1) is 0 Å². The highest BCUT2D eigenvalue weighted by atomic mass is 16.8. The molecule has 0 aromatic rings. The van der Waals surface area contributed by atoms with E-state index in [2.05, 4.69) is 79.9 Å². The van der Waals surface area contributed by atoms with Crippen molar-refractivity contribution >= 4 is 5.91 Å². The predicted octanol–water partition coefficient (Wildman–Crippen LogP) is 14.4. The van der Waals surface area contributed by atoms with Crippen LogP contribution in [0.5, 0.6) is 0 Å². The Morgan fingerprint density at radius 3 is 1.09 bits per heavy atom. The summed E-state index contributed by atoms with van der Waals surface area (Å²) < 4.78 is 34.5. The van der Waals surface area contributed by atoms with E-state index in [0.29, 0.717) is 12.8 Å². The lowest BCUT2D eigenvalue weighted by Gasteiger charge is -2.48. The van der Waals surface area contributed by atoms with Crippen molar-refractivity contribution in [1.82, 2.24) is 5.32 Å². The van der Waals surface area contributed by atoms with Crippen molar-refractivity contribution < 1.29 is 89.4 Å². The van der Waals surface area contributed by atoms with Crippen molar-refractivity contribution in [2.24, 2.45) is 0 Å². The van der Waals surface area contributed by atoms with E-state index in [9.17, 15) is 61.0 Å². The summed E-state index contributed by atoms with van der Waals surface area (Å²) in [7, 11) is 0. The summed E-state index contributed by atoms with van der Waals surface area (Å²) in [5, 5.41) is 121. The maximum atomic E-state index is 13.5. The number of nitrogens with one attached hydrogen (secondary N) is 1. The standard InChI is InChI=1S/C84H151NO18/c1-3-5-7-9-11-13-15-17-19-21-23-25-27-29-30-31-32-33-34-35-36-38-39-41-43-45-47-49-51-53-55-57-59-61-68(89)67(85-72(90)62-60-58-56-54-52-50-48-46-44-42-40-37-28-26-24-22-20-18-16-14-12-10-8-6-4-2)66-98-82-78(96)75(93)80(70(64-87)100-82)103-84-79(97)76(94)81(71(65-88)101-84)102-83-77(95)74(92)73(91)69(63-86)99-83/h6,8,12,14,18,20,24,26,51,53,59,61,67-71,73-84,86-89,91-97H,3-5,7,9-11,13,15-17,19,21-23,25,27-50,52,54-58,60,62-66H2,1-2H3,(H,85,90)/b8-6-,14-12-,20-18-,26-24-,53-51+,61-59+. The number of aliphatic hydroxyl groups is 11. The first-order valence-electron chi connectivity index (χ1n) is 41.7. The number of hydrogen-bond acceptors (Lipinski definition) is 18. The van der Waals surface area contributed by atoms with Gasteiger partial charge in [-0.25, -0.2) is 0 Å². The lowest BCUT2D eigenvalue weighted by Crippen LogP contribution is -2.66. The molecular weight excluding hydrogens is 1310 g/mol. The summed E-state index contributed by atoms with van der Waals surface area (Å²) in [6.45, 7) is 1.64. The molecule has 3 aliphatic heterocycles. The second kappa shape index (κ2) is 64.1. The van der Waals surface area contributed by atoms with Gasteiger partial charge < -0.3 is 89.9 Å². The summed E-state index contributed by atoms with van der Waals surface area (Å²) in [6.07, 6.45) is 57.6. The Hall–Kier alpha value is -2.77. The molecule has 3 saturated heterocycles. The first-order valence-corrected chi connectivity index (χ1v) is 41.7. The molecule has 17 atom stereocenters. The van der Waals surface area contributed by atoms with Gasteiger partial charge in [-0.3, -0.25) is 4.79 Å². The fraction of sp³-hybridized carbons (Fsp3) is 0.845. The summed E-state index contributed by atoms with van der Waals surface area (Å²) >= 11 is 0. The van der Waals surface area contributed by atoms with Crippen LogP contribution >= 0.6 is 0 Å². The van der Waals surface area contributed by atoms with Gasteiger partial charge in [0.25, 0.3) is 0 Å². The number of carbonyl (C=O) groups excluding carboxylic acids is 1. The summed E-state index contributed by atoms with van der Waals surface area (Å²) in [5.41, 5.74) is 0. The third kappa shape index (κ3) is 43.9. The van der Waals surface area contributed by atoms with Gasteiger partial charge >= 0.3 is 0 Å². The number of allylic oxidation sites excluding steroid dienone is 11. The van der Waals surface area contributed by atoms with E-state index in [-0.39, 0.29) is 18.9 Å². The van der Waals surface area contributed by atoms with E-state index in [4.69, 9.17) is 28.4 Å². The Bertz CT molecular complexity index is 2140. The number of amides is 1. The third-order valence-corrected chi connectivity index (χ3v) is 20.5. The van der Waals surface area contributed by atoms with Crippen molar-refractivity contribution in [2.45, 2.75) is 426 Å². The second-order valence-corrected chi connectivity index (χ2v) is 29.6. The Kier molecular flexibility index (Phi) is 58.8. The van der Waals surface area contributed by atoms with Crippen LogP contribution in [-0.2, 0) is 33.2 Å². The number of ether oxygens (including phenoxy) is 6. The van der Waals surface area contributed by atoms with E-state index in [1.807, 2.05) is 6.08 Å². The Morgan fingerprint density at radius 2 is 0.680 bits per heavy atom. The van der Waals surface area contributed by atoms with Crippen molar-refractivity contribution in [1.29, 1.82) is 0 Å². The molecule has 3 rings (SSSR count). The molecule has 12 N–H and O–H groups in total. The largest absolute Gasteiger partial charge is 0.394 e. The first-order chi connectivity index (χ1) is 50.3. The van der Waals surface area contributed by atoms with Crippen molar-refractivity contribution in [3.63, 3.8) is 0 Å². The Labute approximate surface area is 623 Å². The van der Waals surface area contributed by atoms with Crippen LogP contribution in [0.1, 0.15) is 322 Å². The van der Waals surface area contributed by atoms with E-state index in [1.165, 1.54) is 212 Å². The molecule has 103 heavy (non-hydrogen) atoms. The Balaban J connectivity index is 1.37. The molecule has 3 aliphatic rings. The van der Waals surface area contributed by atoms with Crippen LogP contribution in [0.2, 0.25) is 0 Å². The van der Waals surface area contributed by atoms with Crippen LogP contribution in [0.15, 0.2) is 72.9 Å². The maximum Gasteiger partial charge on any atom is 0.220 e. The number of rotatable bonds is 66. The van der Waals surface area contributed by atoms with Gasteiger partial charge in [0.2, 0.25) is 5.91 Å². The minimum atomic E-state index is -1.98. The van der Waals surface area contributed by atoms with Crippen LogP contribution in [0.3, 0.4) is 0 Å². The SMILES string of the molecule is CC/C=C\C/C=C\C/C=C\C/C=C\CCCCCCCCCCCCCCC(=O)NC(COC1OC(CO)C(OC2OC(CO)C(OC3OC(CO)C(O)C(O)C3O)C(O)C2O)C(O)C1O)C(O)/C=C/CC/C=C/CCCCCCCCCCCCCCCCCCCCCCCCCCCCC. The van der Waals surface area contributed by atoms with E-state index < -0.39 is 124 Å². The number of unbranched alkanes of at least 4 members (excludes halogenated alkanes) is 40. The van der Waals surface area contributed by atoms with Crippen molar-refractivity contribution in [2.75, 3.05) is 26.4 Å². The number of hydrogen-bond donors (Lipinski definition) is 12. The van der Waals surface area contributed by atoms with Crippen molar-refractivity contribution in [3.05, 3.63) is 72.9 Å².